The van der Waals surface area contributed by atoms with Gasteiger partial charge in [-0.15, -0.1) is 0 Å². The lowest BCUT2D eigenvalue weighted by Crippen LogP contribution is -2.56. The Hall–Kier alpha value is -11.5. The maximum Gasteiger partial charge on any atom is 0.249 e. The fourth-order valence-corrected chi connectivity index (χ4v) is 12.7. The van der Waals surface area contributed by atoms with Gasteiger partial charge < -0.3 is 92.5 Å². The fraction of sp³-hybridized carbons (Fsp3) is 0.188. The van der Waals surface area contributed by atoms with Crippen LogP contribution in [0.25, 0.3) is 11.1 Å². The molecule has 0 spiro atoms. The van der Waals surface area contributed by atoms with E-state index in [9.17, 15) is 40.5 Å². The molecular formula is C69H57Cl3N10O17. The fourth-order valence-electron chi connectivity index (χ4n) is 12.1. The number of hydrogen-bond acceptors (Lipinski definition) is 20. The summed E-state index contributed by atoms with van der Waals surface area (Å²) in [5.41, 5.74) is 5.75. The van der Waals surface area contributed by atoms with E-state index in [1.807, 2.05) is 0 Å². The number of fused-ring (bicyclic) bond motifs is 14. The molecule has 99 heavy (non-hydrogen) atoms. The number of phenolic OH excluding ortho intramolecular Hbond substituents is 6. The lowest BCUT2D eigenvalue weighted by molar-refractivity contribution is -0.140. The Balaban J connectivity index is 0.965. The van der Waals surface area contributed by atoms with E-state index in [1.165, 1.54) is 71.6 Å². The zero-order chi connectivity index (χ0) is 69.8. The predicted octanol–water partition coefficient (Wildman–Crippen LogP) is 6.73. The van der Waals surface area contributed by atoms with Crippen molar-refractivity contribution >= 4 is 82.4 Å². The molecule has 8 aromatic rings. The van der Waals surface area contributed by atoms with Gasteiger partial charge in [-0.3, -0.25) is 38.6 Å². The van der Waals surface area contributed by atoms with Crippen LogP contribution in [0.15, 0.2) is 145 Å². The van der Waals surface area contributed by atoms with Crippen molar-refractivity contribution in [2.75, 3.05) is 26.2 Å². The highest BCUT2D eigenvalue weighted by atomic mass is 35.5. The van der Waals surface area contributed by atoms with Gasteiger partial charge in [-0.2, -0.15) is 5.10 Å². The number of hydrogen-bond donors (Lipinski definition) is 14. The molecule has 0 radical (unpaired) electrons. The summed E-state index contributed by atoms with van der Waals surface area (Å²) in [5.74, 6) is -13.4. The number of hydrazone groups is 1. The molecule has 7 heterocycles. The number of nitrogens with zero attached hydrogens (tertiary/aromatic N) is 3. The summed E-state index contributed by atoms with van der Waals surface area (Å²) in [6.07, 6.45) is -0.835. The Labute approximate surface area is 575 Å². The summed E-state index contributed by atoms with van der Waals surface area (Å²) in [6, 6.07) is 16.3. The second kappa shape index (κ2) is 26.8. The first-order valence-electron chi connectivity index (χ1n) is 30.5. The van der Waals surface area contributed by atoms with E-state index >= 15 is 28.8 Å². The number of carbonyl (C=O) groups excluding carboxylic acids is 7. The van der Waals surface area contributed by atoms with Crippen LogP contribution >= 0.6 is 34.8 Å². The molecule has 27 nitrogen and oxygen atoms in total. The normalized spacial score (nSPS) is 21.6. The summed E-state index contributed by atoms with van der Waals surface area (Å²) in [5, 5.41) is 104. The number of halogens is 3. The minimum absolute atomic E-state index is 0.0125. The third kappa shape index (κ3) is 13.6. The molecule has 0 unspecified atom stereocenters. The Bertz CT molecular complexity index is 4710. The van der Waals surface area contributed by atoms with E-state index in [-0.39, 0.29) is 110 Å². The number of piperazine rings is 1. The molecule has 15 rings (SSSR count). The molecule has 7 amide bonds. The van der Waals surface area contributed by atoms with Crippen molar-refractivity contribution in [3.63, 3.8) is 0 Å². The van der Waals surface area contributed by atoms with E-state index in [0.717, 1.165) is 54.1 Å². The van der Waals surface area contributed by atoms with E-state index in [4.69, 9.17) is 54.7 Å². The molecule has 15 N–H and O–H groups in total. The van der Waals surface area contributed by atoms with Crippen molar-refractivity contribution in [2.24, 2.45) is 10.8 Å². The smallest absolute Gasteiger partial charge is 0.249 e. The van der Waals surface area contributed by atoms with Crippen molar-refractivity contribution < 1.29 is 83.5 Å². The highest BCUT2D eigenvalue weighted by Gasteiger charge is 2.42. The van der Waals surface area contributed by atoms with Crippen LogP contribution in [0, 0.1) is 0 Å². The number of nitrogens with two attached hydrogens (primary N) is 1. The third-order valence-electron chi connectivity index (χ3n) is 17.3. The molecule has 7 aliphatic heterocycles. The zero-order valence-corrected chi connectivity index (χ0v) is 53.5. The maximum absolute atomic E-state index is 16.0. The van der Waals surface area contributed by atoms with E-state index in [2.05, 4.69) is 37.0 Å². The van der Waals surface area contributed by atoms with Gasteiger partial charge in [0.2, 0.25) is 47.1 Å². The SMILES string of the molecule is N[C@H]1C(=O)N[C@@H]2Cc3ccc(c(Cl)c3)Oc3cc4cc(c3O)Oc3ccc(cc3Cl)[C@@H](O)[C@@H]3NC(=O)[C@H](NC(=O)[C@@H]4NC(=O)[C@@H](NC2=O)c2cc(O)cc(c2)Oc2cc1ccc2O)c1ccc(O)c(c1)-c1c(O)cc(O)cc1[C@@H](C(=O)N1CCN(N=Cc2ccc(Cl)cc2)CC1)NC3=O. The van der Waals surface area contributed by atoms with Gasteiger partial charge in [0.05, 0.1) is 29.3 Å². The Kier molecular flexibility index (Phi) is 17.9. The lowest BCUT2D eigenvalue weighted by atomic mass is 9.89. The Morgan fingerprint density at radius 1 is 0.515 bits per heavy atom. The van der Waals surface area contributed by atoms with Crippen LogP contribution in [0.1, 0.15) is 80.8 Å². The number of rotatable bonds is 3. The number of phenols is 6. The number of amides is 7. The van der Waals surface area contributed by atoms with Crippen molar-refractivity contribution in [3.8, 4) is 80.1 Å². The molecule has 1 saturated heterocycles. The quantitative estimate of drug-likeness (QED) is 0.0815. The standard InChI is InChI=1S/C69H57Cl3N10O17/c70-37-7-1-30(2-8-37)29-74-82-15-13-81(14-16-82)69(96)59-42-27-39(84)28-48(87)54(42)41-21-33(5-9-46(41)85)56-65(92)80-60(68(95)79-59)61(88)34-6-12-50(44(72)22-34)99-53-25-36-24-52(62(53)89)98-49-11-3-31(17-43(49)71)18-45-63(90)76-57(66(93)78-58(36)67(94)77-56)35-19-38(83)26-40(20-35)97-51-23-32(4-10-47(51)86)55(73)64(91)75-45/h1-12,17,19-29,45,55-61,83-89H,13-16,18,73H2,(H,75,91)(H,76,90)(H,77,94)(H,78,93)(H,79,95)(H,80,92)/t45-,55-,56-,57+,58-,59+,60+,61-/m1/s1. The van der Waals surface area contributed by atoms with Crippen LogP contribution < -0.4 is 51.8 Å². The number of carbonyl (C=O) groups is 7. The lowest BCUT2D eigenvalue weighted by Gasteiger charge is -2.36. The van der Waals surface area contributed by atoms with Gasteiger partial charge in [-0.1, -0.05) is 71.2 Å². The van der Waals surface area contributed by atoms with Crippen molar-refractivity contribution in [1.82, 2.24) is 41.8 Å². The Morgan fingerprint density at radius 3 is 1.80 bits per heavy atom. The van der Waals surface area contributed by atoms with E-state index < -0.39 is 136 Å². The van der Waals surface area contributed by atoms with Crippen molar-refractivity contribution in [1.29, 1.82) is 0 Å². The van der Waals surface area contributed by atoms with Crippen molar-refractivity contribution in [2.45, 2.75) is 54.8 Å². The van der Waals surface area contributed by atoms with E-state index in [1.54, 1.807) is 35.5 Å². The van der Waals surface area contributed by atoms with Crippen LogP contribution in [0.5, 0.6) is 69.0 Å². The van der Waals surface area contributed by atoms with Crippen molar-refractivity contribution in [3.05, 3.63) is 199 Å². The van der Waals surface area contributed by atoms with Gasteiger partial charge >= 0.3 is 0 Å². The summed E-state index contributed by atoms with van der Waals surface area (Å²) in [6.45, 7) is 0.387. The molecule has 0 aromatic heterocycles. The number of aromatic hydroxyl groups is 6. The van der Waals surface area contributed by atoms with Gasteiger partial charge in [0, 0.05) is 47.8 Å². The summed E-state index contributed by atoms with van der Waals surface area (Å²) >= 11 is 20.0. The molecule has 0 saturated carbocycles. The van der Waals surface area contributed by atoms with Gasteiger partial charge in [0.1, 0.15) is 88.6 Å². The number of aliphatic hydroxyl groups is 1. The molecule has 506 valence electrons. The monoisotopic (exact) mass is 1400 g/mol. The second-order valence-corrected chi connectivity index (χ2v) is 25.1. The molecule has 30 heteroatoms. The highest BCUT2D eigenvalue weighted by Crippen LogP contribution is 2.48. The van der Waals surface area contributed by atoms with E-state index in [0.29, 0.717) is 10.6 Å². The minimum atomic E-state index is -2.17. The number of ether oxygens (including phenoxy) is 3. The van der Waals surface area contributed by atoms with Crippen LogP contribution in [0.4, 0.5) is 0 Å². The molecule has 8 atom stereocenters. The summed E-state index contributed by atoms with van der Waals surface area (Å²) in [7, 11) is 0. The second-order valence-electron chi connectivity index (χ2n) is 23.8. The zero-order valence-electron chi connectivity index (χ0n) is 51.3. The Morgan fingerprint density at radius 2 is 1.11 bits per heavy atom. The molecule has 0 aliphatic carbocycles. The first-order chi connectivity index (χ1) is 47.4. The average molecular weight is 1400 g/mol. The van der Waals surface area contributed by atoms with Gasteiger partial charge in [-0.05, 0) is 136 Å². The highest BCUT2D eigenvalue weighted by molar-refractivity contribution is 6.32. The largest absolute Gasteiger partial charge is 0.508 e. The topological polar surface area (TPSA) is 406 Å². The molecule has 7 aliphatic rings. The number of benzene rings is 8. The maximum atomic E-state index is 16.0. The third-order valence-corrected chi connectivity index (χ3v) is 18.1. The van der Waals surface area contributed by atoms with Crippen LogP contribution in [0.3, 0.4) is 0 Å². The number of aliphatic hydroxyl groups excluding tert-OH is 1. The van der Waals surface area contributed by atoms with Crippen LogP contribution in [-0.2, 0) is 40.0 Å². The molecule has 8 aromatic carbocycles. The van der Waals surface area contributed by atoms with Gasteiger partial charge in [-0.25, -0.2) is 0 Å². The first-order valence-corrected chi connectivity index (χ1v) is 31.7. The minimum Gasteiger partial charge on any atom is -0.508 e. The molecule has 1 fully saturated rings. The predicted molar refractivity (Wildman–Crippen MR) is 355 cm³/mol. The average Bonchev–Trinajstić information content (AvgIpc) is 0.765. The molecular weight excluding hydrogens is 1350 g/mol. The van der Waals surface area contributed by atoms with Crippen LogP contribution in [-0.4, -0.2) is 131 Å². The summed E-state index contributed by atoms with van der Waals surface area (Å²) < 4.78 is 18.6. The van der Waals surface area contributed by atoms with Gasteiger partial charge in [0.15, 0.2) is 23.0 Å². The van der Waals surface area contributed by atoms with Gasteiger partial charge in [0.25, 0.3) is 0 Å². The molecule has 17 bridgehead atoms. The van der Waals surface area contributed by atoms with Crippen LogP contribution in [0.2, 0.25) is 15.1 Å². The number of nitrogens with one attached hydrogen (secondary N) is 6. The first kappa shape index (κ1) is 66.1. The summed E-state index contributed by atoms with van der Waals surface area (Å²) in [4.78, 5) is 108.